The number of rotatable bonds is 1. The third-order valence-corrected chi connectivity index (χ3v) is 3.37. The van der Waals surface area contributed by atoms with Crippen LogP contribution in [-0.4, -0.2) is 23.9 Å². The zero-order valence-corrected chi connectivity index (χ0v) is 9.96. The van der Waals surface area contributed by atoms with Crippen molar-refractivity contribution in [3.8, 4) is 0 Å². The molecule has 2 rings (SSSR count). The highest BCUT2D eigenvalue weighted by atomic mass is 79.9. The SMILES string of the molecule is Nc1c(Br)cccc1C(=O)N1CCCC1. The van der Waals surface area contributed by atoms with Crippen molar-refractivity contribution < 1.29 is 4.79 Å². The molecule has 0 atom stereocenters. The van der Waals surface area contributed by atoms with Crippen LogP contribution in [0, 0.1) is 0 Å². The van der Waals surface area contributed by atoms with Crippen LogP contribution < -0.4 is 5.73 Å². The summed E-state index contributed by atoms with van der Waals surface area (Å²) in [5.41, 5.74) is 7.00. The fourth-order valence-corrected chi connectivity index (χ4v) is 2.18. The van der Waals surface area contributed by atoms with Crippen molar-refractivity contribution in [1.29, 1.82) is 0 Å². The number of nitrogens with two attached hydrogens (primary N) is 1. The fourth-order valence-electron chi connectivity index (χ4n) is 1.81. The van der Waals surface area contributed by atoms with Crippen molar-refractivity contribution in [2.45, 2.75) is 12.8 Å². The Morgan fingerprint density at radius 2 is 2.00 bits per heavy atom. The van der Waals surface area contributed by atoms with E-state index >= 15 is 0 Å². The van der Waals surface area contributed by atoms with E-state index in [2.05, 4.69) is 15.9 Å². The number of halogens is 1. The number of nitrogen functional groups attached to an aromatic ring is 1. The van der Waals surface area contributed by atoms with Crippen molar-refractivity contribution >= 4 is 27.5 Å². The number of para-hydroxylation sites is 1. The van der Waals surface area contributed by atoms with Gasteiger partial charge in [0.15, 0.2) is 0 Å². The summed E-state index contributed by atoms with van der Waals surface area (Å²) in [4.78, 5) is 13.9. The second-order valence-electron chi connectivity index (χ2n) is 3.70. The largest absolute Gasteiger partial charge is 0.397 e. The van der Waals surface area contributed by atoms with Gasteiger partial charge in [0.25, 0.3) is 5.91 Å². The molecular formula is C11H13BrN2O. The van der Waals surface area contributed by atoms with Gasteiger partial charge < -0.3 is 10.6 Å². The van der Waals surface area contributed by atoms with Gasteiger partial charge in [-0.2, -0.15) is 0 Å². The van der Waals surface area contributed by atoms with Crippen LogP contribution in [-0.2, 0) is 0 Å². The van der Waals surface area contributed by atoms with Gasteiger partial charge in [0.1, 0.15) is 0 Å². The molecule has 1 heterocycles. The number of nitrogens with zero attached hydrogens (tertiary/aromatic N) is 1. The van der Waals surface area contributed by atoms with Crippen LogP contribution >= 0.6 is 15.9 Å². The highest BCUT2D eigenvalue weighted by Crippen LogP contribution is 2.25. The van der Waals surface area contributed by atoms with E-state index in [-0.39, 0.29) is 5.91 Å². The molecule has 1 aromatic carbocycles. The number of hydrogen-bond acceptors (Lipinski definition) is 2. The highest BCUT2D eigenvalue weighted by molar-refractivity contribution is 9.10. The average molecular weight is 269 g/mol. The third kappa shape index (κ3) is 2.00. The lowest BCUT2D eigenvalue weighted by molar-refractivity contribution is 0.0794. The number of anilines is 1. The first kappa shape index (κ1) is 10.5. The Bertz CT molecular complexity index is 386. The average Bonchev–Trinajstić information content (AvgIpc) is 2.74. The van der Waals surface area contributed by atoms with Crippen molar-refractivity contribution in [2.75, 3.05) is 18.8 Å². The molecular weight excluding hydrogens is 256 g/mol. The van der Waals surface area contributed by atoms with Crippen LogP contribution in [0.1, 0.15) is 23.2 Å². The van der Waals surface area contributed by atoms with Gasteiger partial charge in [0.05, 0.1) is 11.3 Å². The second kappa shape index (κ2) is 4.23. The molecule has 0 spiro atoms. The molecule has 4 heteroatoms. The molecule has 1 fully saturated rings. The number of likely N-dealkylation sites (tertiary alicyclic amines) is 1. The Labute approximate surface area is 97.4 Å². The maximum atomic E-state index is 12.0. The van der Waals surface area contributed by atoms with E-state index in [1.54, 1.807) is 6.07 Å². The van der Waals surface area contributed by atoms with Gasteiger partial charge in [-0.25, -0.2) is 0 Å². The molecule has 0 unspecified atom stereocenters. The van der Waals surface area contributed by atoms with Crippen molar-refractivity contribution in [2.24, 2.45) is 0 Å². The van der Waals surface area contributed by atoms with Gasteiger partial charge in [-0.3, -0.25) is 4.79 Å². The maximum absolute atomic E-state index is 12.0. The summed E-state index contributed by atoms with van der Waals surface area (Å²) in [5.74, 6) is 0.0475. The predicted octanol–water partition coefficient (Wildman–Crippen LogP) is 2.27. The summed E-state index contributed by atoms with van der Waals surface area (Å²) in [6, 6.07) is 5.46. The van der Waals surface area contributed by atoms with Crippen LogP contribution in [0.25, 0.3) is 0 Å². The van der Waals surface area contributed by atoms with E-state index in [1.807, 2.05) is 17.0 Å². The van der Waals surface area contributed by atoms with Crippen LogP contribution in [0.4, 0.5) is 5.69 Å². The Kier molecular flexibility index (Phi) is 2.95. The number of amides is 1. The highest BCUT2D eigenvalue weighted by Gasteiger charge is 2.21. The first-order valence-corrected chi connectivity index (χ1v) is 5.82. The number of carbonyl (C=O) groups excluding carboxylic acids is 1. The molecule has 0 aliphatic carbocycles. The standard InChI is InChI=1S/C11H13BrN2O/c12-9-5-3-4-8(10(9)13)11(15)14-6-1-2-7-14/h3-5H,1-2,6-7,13H2. The van der Waals surface area contributed by atoms with Crippen LogP contribution in [0.5, 0.6) is 0 Å². The Hall–Kier alpha value is -1.03. The second-order valence-corrected chi connectivity index (χ2v) is 4.55. The van der Waals surface area contributed by atoms with Crippen molar-refractivity contribution in [1.82, 2.24) is 4.90 Å². The number of carbonyl (C=O) groups is 1. The molecule has 0 saturated carbocycles. The topological polar surface area (TPSA) is 46.3 Å². The van der Waals surface area contributed by atoms with Crippen LogP contribution in [0.2, 0.25) is 0 Å². The maximum Gasteiger partial charge on any atom is 0.255 e. The van der Waals surface area contributed by atoms with E-state index in [4.69, 9.17) is 5.73 Å². The molecule has 3 nitrogen and oxygen atoms in total. The Morgan fingerprint density at radius 3 is 2.67 bits per heavy atom. The Balaban J connectivity index is 2.28. The summed E-state index contributed by atoms with van der Waals surface area (Å²) < 4.78 is 0.785. The van der Waals surface area contributed by atoms with Gasteiger partial charge in [-0.15, -0.1) is 0 Å². The molecule has 2 N–H and O–H groups in total. The normalized spacial score (nSPS) is 15.7. The Morgan fingerprint density at radius 1 is 1.33 bits per heavy atom. The third-order valence-electron chi connectivity index (χ3n) is 2.68. The minimum absolute atomic E-state index is 0.0475. The van der Waals surface area contributed by atoms with Crippen molar-refractivity contribution in [3.63, 3.8) is 0 Å². The summed E-state index contributed by atoms with van der Waals surface area (Å²) in [7, 11) is 0. The van der Waals surface area contributed by atoms with Crippen molar-refractivity contribution in [3.05, 3.63) is 28.2 Å². The summed E-state index contributed by atoms with van der Waals surface area (Å²) >= 11 is 3.33. The van der Waals surface area contributed by atoms with Gasteiger partial charge in [0, 0.05) is 17.6 Å². The van der Waals surface area contributed by atoms with E-state index in [1.165, 1.54) is 0 Å². The molecule has 0 bridgehead atoms. The summed E-state index contributed by atoms with van der Waals surface area (Å²) in [6.45, 7) is 1.70. The molecule has 0 aromatic heterocycles. The smallest absolute Gasteiger partial charge is 0.255 e. The lowest BCUT2D eigenvalue weighted by Gasteiger charge is -2.16. The molecule has 80 valence electrons. The summed E-state index contributed by atoms with van der Waals surface area (Å²) in [5, 5.41) is 0. The van der Waals surface area contributed by atoms with Gasteiger partial charge in [-0.1, -0.05) is 6.07 Å². The molecule has 1 aromatic rings. The summed E-state index contributed by atoms with van der Waals surface area (Å²) in [6.07, 6.45) is 2.19. The van der Waals surface area contributed by atoms with Gasteiger partial charge in [-0.05, 0) is 40.9 Å². The molecule has 15 heavy (non-hydrogen) atoms. The molecule has 1 aliphatic heterocycles. The van der Waals surface area contributed by atoms with Gasteiger partial charge >= 0.3 is 0 Å². The number of hydrogen-bond donors (Lipinski definition) is 1. The molecule has 0 radical (unpaired) electrons. The quantitative estimate of drug-likeness (QED) is 0.795. The molecule has 1 aliphatic rings. The van der Waals surface area contributed by atoms with Crippen LogP contribution in [0.15, 0.2) is 22.7 Å². The van der Waals surface area contributed by atoms with E-state index < -0.39 is 0 Å². The van der Waals surface area contributed by atoms with Crippen LogP contribution in [0.3, 0.4) is 0 Å². The van der Waals surface area contributed by atoms with Gasteiger partial charge in [0.2, 0.25) is 0 Å². The molecule has 1 saturated heterocycles. The van der Waals surface area contributed by atoms with E-state index in [0.717, 1.165) is 30.4 Å². The number of benzene rings is 1. The lowest BCUT2D eigenvalue weighted by atomic mass is 10.1. The lowest BCUT2D eigenvalue weighted by Crippen LogP contribution is -2.28. The predicted molar refractivity (Wildman–Crippen MR) is 63.7 cm³/mol. The molecule has 1 amide bonds. The zero-order chi connectivity index (χ0) is 10.8. The first-order valence-electron chi connectivity index (χ1n) is 5.03. The first-order chi connectivity index (χ1) is 7.20. The van der Waals surface area contributed by atoms with E-state index in [9.17, 15) is 4.79 Å². The van der Waals surface area contributed by atoms with E-state index in [0.29, 0.717) is 11.3 Å². The monoisotopic (exact) mass is 268 g/mol. The zero-order valence-electron chi connectivity index (χ0n) is 8.37. The minimum Gasteiger partial charge on any atom is -0.397 e. The fraction of sp³-hybridized carbons (Fsp3) is 0.364. The minimum atomic E-state index is 0.0475.